The van der Waals surface area contributed by atoms with Gasteiger partial charge in [0.2, 0.25) is 0 Å². The van der Waals surface area contributed by atoms with Crippen LogP contribution in [0.1, 0.15) is 20.3 Å². The molecule has 1 saturated heterocycles. The standard InChI is InChI=1S/C15H21Cl2NO/c1-11-8-12(2)10-18(9-11)6-7-19-14-5-3-4-13(16)15(14)17/h3-5,11-12H,6-10H2,1-2H3/t11-,12+. The summed E-state index contributed by atoms with van der Waals surface area (Å²) in [5.41, 5.74) is 0. The zero-order valence-electron chi connectivity index (χ0n) is 11.5. The molecule has 19 heavy (non-hydrogen) atoms. The van der Waals surface area contributed by atoms with Gasteiger partial charge in [0.15, 0.2) is 0 Å². The summed E-state index contributed by atoms with van der Waals surface area (Å²) in [5, 5.41) is 1.05. The minimum Gasteiger partial charge on any atom is -0.491 e. The fourth-order valence-corrected chi connectivity index (χ4v) is 3.20. The van der Waals surface area contributed by atoms with E-state index in [0.717, 1.165) is 31.5 Å². The van der Waals surface area contributed by atoms with Gasteiger partial charge in [-0.2, -0.15) is 0 Å². The summed E-state index contributed by atoms with van der Waals surface area (Å²) >= 11 is 12.0. The SMILES string of the molecule is C[C@@H]1C[C@H](C)CN(CCOc2cccc(Cl)c2Cl)C1. The van der Waals surface area contributed by atoms with Gasteiger partial charge in [-0.3, -0.25) is 4.90 Å². The van der Waals surface area contributed by atoms with Gasteiger partial charge in [-0.05, 0) is 30.4 Å². The maximum Gasteiger partial charge on any atom is 0.139 e. The van der Waals surface area contributed by atoms with E-state index in [1.165, 1.54) is 6.42 Å². The molecule has 0 saturated carbocycles. The minimum atomic E-state index is 0.504. The third kappa shape index (κ3) is 4.27. The Kier molecular flexibility index (Phi) is 5.37. The summed E-state index contributed by atoms with van der Waals surface area (Å²) < 4.78 is 5.73. The van der Waals surface area contributed by atoms with Crippen LogP contribution in [0.4, 0.5) is 0 Å². The van der Waals surface area contributed by atoms with Crippen LogP contribution in [0.3, 0.4) is 0 Å². The Bertz CT molecular complexity index is 415. The highest BCUT2D eigenvalue weighted by atomic mass is 35.5. The number of halogens is 2. The van der Waals surface area contributed by atoms with Crippen molar-refractivity contribution in [2.45, 2.75) is 20.3 Å². The van der Waals surface area contributed by atoms with E-state index in [1.807, 2.05) is 12.1 Å². The summed E-state index contributed by atoms with van der Waals surface area (Å²) in [6, 6.07) is 5.48. The van der Waals surface area contributed by atoms with Crippen molar-refractivity contribution in [2.75, 3.05) is 26.2 Å². The number of ether oxygens (including phenoxy) is 1. The molecule has 1 aromatic carbocycles. The quantitative estimate of drug-likeness (QED) is 0.820. The topological polar surface area (TPSA) is 12.5 Å². The fraction of sp³-hybridized carbons (Fsp3) is 0.600. The van der Waals surface area contributed by atoms with Crippen LogP contribution in [0.2, 0.25) is 10.0 Å². The van der Waals surface area contributed by atoms with E-state index in [4.69, 9.17) is 27.9 Å². The molecule has 0 aliphatic carbocycles. The molecule has 0 unspecified atom stereocenters. The van der Waals surface area contributed by atoms with Crippen LogP contribution in [-0.4, -0.2) is 31.1 Å². The van der Waals surface area contributed by atoms with Crippen molar-refractivity contribution in [3.05, 3.63) is 28.2 Å². The third-order valence-corrected chi connectivity index (χ3v) is 4.33. The maximum atomic E-state index is 6.09. The average molecular weight is 302 g/mol. The minimum absolute atomic E-state index is 0.504. The number of rotatable bonds is 4. The van der Waals surface area contributed by atoms with Gasteiger partial charge in [0.05, 0.1) is 5.02 Å². The molecule has 2 atom stereocenters. The number of hydrogen-bond donors (Lipinski definition) is 0. The second kappa shape index (κ2) is 6.83. The molecule has 0 aromatic heterocycles. The Morgan fingerprint density at radius 3 is 2.58 bits per heavy atom. The van der Waals surface area contributed by atoms with Crippen LogP contribution in [0.15, 0.2) is 18.2 Å². The molecule has 2 rings (SSSR count). The Balaban J connectivity index is 1.81. The molecule has 4 heteroatoms. The highest BCUT2D eigenvalue weighted by Crippen LogP contribution is 2.31. The van der Waals surface area contributed by atoms with Crippen LogP contribution >= 0.6 is 23.2 Å². The van der Waals surface area contributed by atoms with Crippen LogP contribution in [0.25, 0.3) is 0 Å². The Morgan fingerprint density at radius 1 is 1.21 bits per heavy atom. The summed E-state index contributed by atoms with van der Waals surface area (Å²) in [6.07, 6.45) is 1.33. The van der Waals surface area contributed by atoms with Gasteiger partial charge in [0.25, 0.3) is 0 Å². The lowest BCUT2D eigenvalue weighted by molar-refractivity contribution is 0.120. The van der Waals surface area contributed by atoms with Crippen molar-refractivity contribution in [3.63, 3.8) is 0 Å². The zero-order chi connectivity index (χ0) is 13.8. The van der Waals surface area contributed by atoms with Crippen molar-refractivity contribution in [2.24, 2.45) is 11.8 Å². The smallest absolute Gasteiger partial charge is 0.139 e. The van der Waals surface area contributed by atoms with Crippen LogP contribution in [0, 0.1) is 11.8 Å². The molecule has 106 valence electrons. The monoisotopic (exact) mass is 301 g/mol. The fourth-order valence-electron chi connectivity index (χ4n) is 2.85. The molecule has 0 spiro atoms. The summed E-state index contributed by atoms with van der Waals surface area (Å²) in [4.78, 5) is 2.47. The molecule has 1 aliphatic rings. The molecule has 0 radical (unpaired) electrons. The normalized spacial score (nSPS) is 24.4. The van der Waals surface area contributed by atoms with E-state index in [2.05, 4.69) is 18.7 Å². The predicted octanol–water partition coefficient (Wildman–Crippen LogP) is 4.35. The van der Waals surface area contributed by atoms with Gasteiger partial charge in [0, 0.05) is 19.6 Å². The van der Waals surface area contributed by atoms with Gasteiger partial charge < -0.3 is 4.74 Å². The highest BCUT2D eigenvalue weighted by Gasteiger charge is 2.21. The maximum absolute atomic E-state index is 6.09. The van der Waals surface area contributed by atoms with Crippen LogP contribution in [-0.2, 0) is 0 Å². The lowest BCUT2D eigenvalue weighted by Crippen LogP contribution is -2.40. The first-order valence-corrected chi connectivity index (χ1v) is 7.61. The summed E-state index contributed by atoms with van der Waals surface area (Å²) in [5.74, 6) is 2.23. The summed E-state index contributed by atoms with van der Waals surface area (Å²) in [6.45, 7) is 8.56. The Hall–Kier alpha value is -0.440. The van der Waals surface area contributed by atoms with Crippen molar-refractivity contribution in [1.29, 1.82) is 0 Å². The lowest BCUT2D eigenvalue weighted by atomic mass is 9.92. The molecule has 0 bridgehead atoms. The average Bonchev–Trinajstić information content (AvgIpc) is 2.33. The second-order valence-corrected chi connectivity index (χ2v) is 6.39. The van der Waals surface area contributed by atoms with E-state index in [9.17, 15) is 0 Å². The molecular formula is C15H21Cl2NO. The first-order chi connectivity index (χ1) is 9.06. The zero-order valence-corrected chi connectivity index (χ0v) is 13.0. The molecule has 2 nitrogen and oxygen atoms in total. The molecular weight excluding hydrogens is 281 g/mol. The van der Waals surface area contributed by atoms with Crippen molar-refractivity contribution >= 4 is 23.2 Å². The van der Waals surface area contributed by atoms with Gasteiger partial charge in [0.1, 0.15) is 17.4 Å². The van der Waals surface area contributed by atoms with Crippen LogP contribution in [0.5, 0.6) is 5.75 Å². The number of hydrogen-bond acceptors (Lipinski definition) is 2. The van der Waals surface area contributed by atoms with Gasteiger partial charge in [-0.25, -0.2) is 0 Å². The van der Waals surface area contributed by atoms with E-state index in [0.29, 0.717) is 22.4 Å². The molecule has 0 N–H and O–H groups in total. The molecule has 1 aliphatic heterocycles. The molecule has 1 heterocycles. The van der Waals surface area contributed by atoms with E-state index in [-0.39, 0.29) is 0 Å². The van der Waals surface area contributed by atoms with E-state index < -0.39 is 0 Å². The second-order valence-electron chi connectivity index (χ2n) is 5.61. The summed E-state index contributed by atoms with van der Waals surface area (Å²) in [7, 11) is 0. The Labute approximate surface area is 125 Å². The largest absolute Gasteiger partial charge is 0.491 e. The highest BCUT2D eigenvalue weighted by molar-refractivity contribution is 6.42. The van der Waals surface area contributed by atoms with E-state index >= 15 is 0 Å². The number of nitrogens with zero attached hydrogens (tertiary/aromatic N) is 1. The molecule has 1 aromatic rings. The molecule has 1 fully saturated rings. The lowest BCUT2D eigenvalue weighted by Gasteiger charge is -2.34. The first kappa shape index (κ1) is 15.0. The van der Waals surface area contributed by atoms with Gasteiger partial charge in [-0.1, -0.05) is 43.1 Å². The van der Waals surface area contributed by atoms with E-state index in [1.54, 1.807) is 6.07 Å². The number of likely N-dealkylation sites (tertiary alicyclic amines) is 1. The number of piperidine rings is 1. The van der Waals surface area contributed by atoms with Gasteiger partial charge >= 0.3 is 0 Å². The predicted molar refractivity (Wildman–Crippen MR) is 81.3 cm³/mol. The molecule has 0 amide bonds. The van der Waals surface area contributed by atoms with Gasteiger partial charge in [-0.15, -0.1) is 0 Å². The third-order valence-electron chi connectivity index (χ3n) is 3.53. The van der Waals surface area contributed by atoms with Crippen molar-refractivity contribution in [3.8, 4) is 5.75 Å². The number of benzene rings is 1. The van der Waals surface area contributed by atoms with Crippen LogP contribution < -0.4 is 4.74 Å². The van der Waals surface area contributed by atoms with Crippen molar-refractivity contribution in [1.82, 2.24) is 4.90 Å². The first-order valence-electron chi connectivity index (χ1n) is 6.85. The van der Waals surface area contributed by atoms with Crippen molar-refractivity contribution < 1.29 is 4.74 Å². The Morgan fingerprint density at radius 2 is 1.89 bits per heavy atom.